The summed E-state index contributed by atoms with van der Waals surface area (Å²) in [5.41, 5.74) is 0.438. The van der Waals surface area contributed by atoms with E-state index in [-0.39, 0.29) is 17.5 Å². The number of rotatable bonds is 1. The van der Waals surface area contributed by atoms with Crippen LogP contribution < -0.4 is 0 Å². The molecule has 0 atom stereocenters. The Labute approximate surface area is 85.8 Å². The maximum atomic E-state index is 12.8. The Balaban J connectivity index is 3.01. The molecule has 0 amide bonds. The fourth-order valence-electron chi connectivity index (χ4n) is 0.932. The summed E-state index contributed by atoms with van der Waals surface area (Å²) in [6.45, 7) is 0. The van der Waals surface area contributed by atoms with Crippen LogP contribution in [0, 0.1) is 29.0 Å². The van der Waals surface area contributed by atoms with Crippen LogP contribution in [-0.2, 0) is 4.79 Å². The molecule has 0 aliphatic carbocycles. The second-order valence-corrected chi connectivity index (χ2v) is 2.67. The normalized spacial score (nSPS) is 8.53. The molecule has 1 aromatic rings. The van der Waals surface area contributed by atoms with Gasteiger partial charge in [-0.1, -0.05) is 11.8 Å². The van der Waals surface area contributed by atoms with Crippen molar-refractivity contribution in [1.29, 1.82) is 5.26 Å². The number of hydrogen-bond donors (Lipinski definition) is 1. The van der Waals surface area contributed by atoms with E-state index in [0.29, 0.717) is 0 Å². The van der Waals surface area contributed by atoms with E-state index in [1.165, 1.54) is 6.07 Å². The maximum Gasteiger partial charge on any atom is 0.315 e. The molecule has 0 unspecified atom stereocenters. The van der Waals surface area contributed by atoms with Crippen LogP contribution in [0.15, 0.2) is 18.2 Å². The summed E-state index contributed by atoms with van der Waals surface area (Å²) in [7, 11) is 0. The summed E-state index contributed by atoms with van der Waals surface area (Å²) in [6, 6.07) is 5.41. The quantitative estimate of drug-likeness (QED) is 0.704. The molecule has 1 N–H and O–H groups in total. The molecule has 0 aliphatic heterocycles. The summed E-state index contributed by atoms with van der Waals surface area (Å²) in [5.74, 6) is 3.21. The Bertz CT molecular complexity index is 492. The van der Waals surface area contributed by atoms with E-state index in [1.54, 1.807) is 0 Å². The molecular weight excluding hydrogens is 197 g/mol. The first-order valence-electron chi connectivity index (χ1n) is 4.04. The van der Waals surface area contributed by atoms with Crippen LogP contribution in [0.2, 0.25) is 0 Å². The molecule has 0 radical (unpaired) electrons. The number of benzene rings is 1. The van der Waals surface area contributed by atoms with Gasteiger partial charge in [-0.25, -0.2) is 4.39 Å². The zero-order valence-corrected chi connectivity index (χ0v) is 7.62. The third-order valence-electron chi connectivity index (χ3n) is 1.56. The van der Waals surface area contributed by atoms with Crippen molar-refractivity contribution in [3.8, 4) is 17.9 Å². The molecule has 0 aliphatic rings. The summed E-state index contributed by atoms with van der Waals surface area (Å²) in [6.07, 6.45) is -0.332. The van der Waals surface area contributed by atoms with E-state index in [0.717, 1.165) is 12.1 Å². The minimum absolute atomic E-state index is 0.207. The SMILES string of the molecule is N#Cc1ccc(F)cc1C#CCC(=O)O. The Kier molecular flexibility index (Phi) is 3.43. The second kappa shape index (κ2) is 4.78. The van der Waals surface area contributed by atoms with Crippen LogP contribution >= 0.6 is 0 Å². The zero-order valence-electron chi connectivity index (χ0n) is 7.62. The Morgan fingerprint density at radius 1 is 1.47 bits per heavy atom. The number of hydrogen-bond acceptors (Lipinski definition) is 2. The van der Waals surface area contributed by atoms with E-state index >= 15 is 0 Å². The van der Waals surface area contributed by atoms with Gasteiger partial charge in [0.15, 0.2) is 0 Å². The highest BCUT2D eigenvalue weighted by Crippen LogP contribution is 2.08. The first-order valence-corrected chi connectivity index (χ1v) is 4.04. The summed E-state index contributed by atoms with van der Waals surface area (Å²) in [4.78, 5) is 10.2. The lowest BCUT2D eigenvalue weighted by molar-refractivity contribution is -0.135. The molecule has 0 fully saturated rings. The van der Waals surface area contributed by atoms with Gasteiger partial charge >= 0.3 is 5.97 Å². The molecule has 0 bridgehead atoms. The van der Waals surface area contributed by atoms with Crippen molar-refractivity contribution < 1.29 is 14.3 Å². The van der Waals surface area contributed by atoms with Gasteiger partial charge in [0.25, 0.3) is 0 Å². The molecule has 74 valence electrons. The number of nitriles is 1. The maximum absolute atomic E-state index is 12.8. The van der Waals surface area contributed by atoms with Crippen molar-refractivity contribution in [3.05, 3.63) is 35.1 Å². The van der Waals surface area contributed by atoms with E-state index in [4.69, 9.17) is 10.4 Å². The molecule has 0 heterocycles. The minimum Gasteiger partial charge on any atom is -0.481 e. The Morgan fingerprint density at radius 3 is 2.80 bits per heavy atom. The van der Waals surface area contributed by atoms with Crippen molar-refractivity contribution in [3.63, 3.8) is 0 Å². The molecular formula is C11H6FNO2. The van der Waals surface area contributed by atoms with Crippen molar-refractivity contribution in [2.24, 2.45) is 0 Å². The third kappa shape index (κ3) is 3.13. The highest BCUT2D eigenvalue weighted by atomic mass is 19.1. The number of halogens is 1. The summed E-state index contributed by atoms with van der Waals surface area (Å²) in [5, 5.41) is 17.0. The smallest absolute Gasteiger partial charge is 0.315 e. The minimum atomic E-state index is -1.06. The standard InChI is InChI=1S/C11H6FNO2/c12-10-5-4-9(7-13)8(6-10)2-1-3-11(14)15/h4-6H,3H2,(H,14,15). The predicted molar refractivity (Wildman–Crippen MR) is 50.2 cm³/mol. The third-order valence-corrected chi connectivity index (χ3v) is 1.56. The van der Waals surface area contributed by atoms with Crippen molar-refractivity contribution in [2.75, 3.05) is 0 Å². The monoisotopic (exact) mass is 203 g/mol. The van der Waals surface area contributed by atoms with Crippen LogP contribution in [0.25, 0.3) is 0 Å². The van der Waals surface area contributed by atoms with Crippen LogP contribution in [0.3, 0.4) is 0 Å². The molecule has 0 aromatic heterocycles. The molecule has 4 heteroatoms. The zero-order chi connectivity index (χ0) is 11.3. The van der Waals surface area contributed by atoms with Gasteiger partial charge in [0.05, 0.1) is 5.56 Å². The molecule has 15 heavy (non-hydrogen) atoms. The largest absolute Gasteiger partial charge is 0.481 e. The van der Waals surface area contributed by atoms with Gasteiger partial charge in [-0.3, -0.25) is 4.79 Å². The lowest BCUT2D eigenvalue weighted by atomic mass is 10.1. The lowest BCUT2D eigenvalue weighted by Gasteiger charge is -1.94. The molecule has 1 aromatic carbocycles. The number of carbonyl (C=O) groups is 1. The number of carboxylic acids is 1. The second-order valence-electron chi connectivity index (χ2n) is 2.67. The summed E-state index contributed by atoms with van der Waals surface area (Å²) < 4.78 is 12.8. The average Bonchev–Trinajstić information content (AvgIpc) is 2.17. The van der Waals surface area contributed by atoms with Gasteiger partial charge in [-0.15, -0.1) is 0 Å². The predicted octanol–water partition coefficient (Wildman–Crippen LogP) is 1.52. The van der Waals surface area contributed by atoms with Crippen LogP contribution in [0.4, 0.5) is 4.39 Å². The van der Waals surface area contributed by atoms with Gasteiger partial charge in [-0.2, -0.15) is 5.26 Å². The van der Waals surface area contributed by atoms with Gasteiger partial charge in [0.2, 0.25) is 0 Å². The topological polar surface area (TPSA) is 61.1 Å². The molecule has 0 spiro atoms. The number of carboxylic acid groups (broad SMARTS) is 1. The molecule has 0 saturated carbocycles. The van der Waals surface area contributed by atoms with Crippen molar-refractivity contribution >= 4 is 5.97 Å². The van der Waals surface area contributed by atoms with Crippen LogP contribution in [0.5, 0.6) is 0 Å². The average molecular weight is 203 g/mol. The van der Waals surface area contributed by atoms with Crippen LogP contribution in [0.1, 0.15) is 17.5 Å². The molecule has 3 nitrogen and oxygen atoms in total. The van der Waals surface area contributed by atoms with Gasteiger partial charge in [-0.05, 0) is 18.2 Å². The Morgan fingerprint density at radius 2 is 2.20 bits per heavy atom. The van der Waals surface area contributed by atoms with Gasteiger partial charge in [0.1, 0.15) is 18.3 Å². The highest BCUT2D eigenvalue weighted by molar-refractivity contribution is 5.70. The van der Waals surface area contributed by atoms with Gasteiger partial charge < -0.3 is 5.11 Å². The highest BCUT2D eigenvalue weighted by Gasteiger charge is 2.00. The summed E-state index contributed by atoms with van der Waals surface area (Å²) >= 11 is 0. The van der Waals surface area contributed by atoms with E-state index in [9.17, 15) is 9.18 Å². The van der Waals surface area contributed by atoms with Crippen molar-refractivity contribution in [2.45, 2.75) is 6.42 Å². The molecule has 1 rings (SSSR count). The number of aliphatic carboxylic acids is 1. The van der Waals surface area contributed by atoms with E-state index in [2.05, 4.69) is 11.8 Å². The fourth-order valence-corrected chi connectivity index (χ4v) is 0.932. The Hall–Kier alpha value is -2.33. The van der Waals surface area contributed by atoms with Crippen molar-refractivity contribution in [1.82, 2.24) is 0 Å². The van der Waals surface area contributed by atoms with Crippen LogP contribution in [-0.4, -0.2) is 11.1 Å². The lowest BCUT2D eigenvalue weighted by Crippen LogP contribution is -1.91. The van der Waals surface area contributed by atoms with E-state index in [1.807, 2.05) is 6.07 Å². The first-order chi connectivity index (χ1) is 7.13. The fraction of sp³-hybridized carbons (Fsp3) is 0.0909. The van der Waals surface area contributed by atoms with Gasteiger partial charge in [0, 0.05) is 5.56 Å². The van der Waals surface area contributed by atoms with E-state index < -0.39 is 11.8 Å². The number of nitrogens with zero attached hydrogens (tertiary/aromatic N) is 1. The first kappa shape index (κ1) is 10.7. The molecule has 0 saturated heterocycles.